The van der Waals surface area contributed by atoms with Gasteiger partial charge in [0.2, 0.25) is 0 Å². The van der Waals surface area contributed by atoms with Gasteiger partial charge in [0.05, 0.1) is 36.7 Å². The fourth-order valence-electron chi connectivity index (χ4n) is 2.17. The number of rotatable bonds is 5. The van der Waals surface area contributed by atoms with Crippen LogP contribution in [0.4, 0.5) is 5.69 Å². The number of thiazole rings is 1. The first-order valence-corrected chi connectivity index (χ1v) is 7.29. The molecule has 0 amide bonds. The Bertz CT molecular complexity index is 596. The number of aromatic nitrogens is 1. The zero-order chi connectivity index (χ0) is 14.7. The van der Waals surface area contributed by atoms with Crippen molar-refractivity contribution in [1.82, 2.24) is 4.98 Å². The van der Waals surface area contributed by atoms with Crippen molar-refractivity contribution in [3.8, 4) is 11.5 Å². The first kappa shape index (κ1) is 14.7. The lowest BCUT2D eigenvalue weighted by molar-refractivity contribution is 0.404. The number of ether oxygens (including phenoxy) is 2. The molecule has 1 aromatic carbocycles. The van der Waals surface area contributed by atoms with Crippen molar-refractivity contribution < 1.29 is 9.47 Å². The molecule has 1 N–H and O–H groups in total. The highest BCUT2D eigenvalue weighted by molar-refractivity contribution is 7.11. The molecule has 20 heavy (non-hydrogen) atoms. The fraction of sp³-hybridized carbons (Fsp3) is 0.400. The summed E-state index contributed by atoms with van der Waals surface area (Å²) in [6.07, 6.45) is 0. The molecule has 0 aliphatic heterocycles. The summed E-state index contributed by atoms with van der Waals surface area (Å²) >= 11 is 1.72. The van der Waals surface area contributed by atoms with E-state index in [1.165, 1.54) is 4.88 Å². The fourth-order valence-corrected chi connectivity index (χ4v) is 3.10. The van der Waals surface area contributed by atoms with Gasteiger partial charge < -0.3 is 14.8 Å². The Kier molecular flexibility index (Phi) is 4.49. The molecule has 0 spiro atoms. The van der Waals surface area contributed by atoms with E-state index in [1.807, 2.05) is 32.0 Å². The second kappa shape index (κ2) is 6.13. The third-order valence-electron chi connectivity index (χ3n) is 3.11. The molecular weight excluding hydrogens is 272 g/mol. The maximum absolute atomic E-state index is 5.39. The quantitative estimate of drug-likeness (QED) is 0.906. The van der Waals surface area contributed by atoms with Gasteiger partial charge in [-0.3, -0.25) is 0 Å². The van der Waals surface area contributed by atoms with Gasteiger partial charge in [-0.1, -0.05) is 0 Å². The van der Waals surface area contributed by atoms with Gasteiger partial charge in [-0.05, 0) is 32.9 Å². The molecule has 1 aromatic heterocycles. The minimum atomic E-state index is 0.169. The highest BCUT2D eigenvalue weighted by Crippen LogP contribution is 2.33. The van der Waals surface area contributed by atoms with Crippen molar-refractivity contribution in [1.29, 1.82) is 0 Å². The van der Waals surface area contributed by atoms with Crippen molar-refractivity contribution in [2.24, 2.45) is 0 Å². The van der Waals surface area contributed by atoms with Crippen LogP contribution >= 0.6 is 11.3 Å². The molecule has 0 radical (unpaired) electrons. The predicted octanol–water partition coefficient (Wildman–Crippen LogP) is 3.95. The van der Waals surface area contributed by atoms with E-state index in [0.29, 0.717) is 0 Å². The van der Waals surface area contributed by atoms with Crippen LogP contribution in [-0.2, 0) is 0 Å². The highest BCUT2D eigenvalue weighted by Gasteiger charge is 2.15. The summed E-state index contributed by atoms with van der Waals surface area (Å²) in [4.78, 5) is 5.72. The number of aryl methyl sites for hydroxylation is 2. The average Bonchev–Trinajstić information content (AvgIpc) is 2.77. The second-order valence-corrected chi connectivity index (χ2v) is 5.85. The largest absolute Gasteiger partial charge is 0.497 e. The molecule has 0 bridgehead atoms. The Morgan fingerprint density at radius 2 is 1.95 bits per heavy atom. The minimum absolute atomic E-state index is 0.169. The van der Waals surface area contributed by atoms with Crippen molar-refractivity contribution >= 4 is 17.0 Å². The number of hydrogen-bond donors (Lipinski definition) is 1. The summed E-state index contributed by atoms with van der Waals surface area (Å²) in [5, 5.41) is 4.56. The van der Waals surface area contributed by atoms with E-state index in [9.17, 15) is 0 Å². The maximum Gasteiger partial charge on any atom is 0.142 e. The first-order valence-electron chi connectivity index (χ1n) is 6.47. The van der Waals surface area contributed by atoms with Gasteiger partial charge in [0.1, 0.15) is 11.5 Å². The summed E-state index contributed by atoms with van der Waals surface area (Å²) in [6.45, 7) is 6.19. The number of nitrogens with one attached hydrogen (secondary N) is 1. The van der Waals surface area contributed by atoms with Gasteiger partial charge >= 0.3 is 0 Å². The molecule has 4 nitrogen and oxygen atoms in total. The third kappa shape index (κ3) is 3.04. The van der Waals surface area contributed by atoms with Crippen LogP contribution in [0.5, 0.6) is 11.5 Å². The van der Waals surface area contributed by atoms with E-state index in [4.69, 9.17) is 9.47 Å². The maximum atomic E-state index is 5.39. The Morgan fingerprint density at radius 3 is 2.50 bits per heavy atom. The number of anilines is 1. The van der Waals surface area contributed by atoms with Gasteiger partial charge in [-0.25, -0.2) is 4.98 Å². The highest BCUT2D eigenvalue weighted by atomic mass is 32.1. The van der Waals surface area contributed by atoms with Gasteiger partial charge in [0.15, 0.2) is 0 Å². The van der Waals surface area contributed by atoms with Crippen LogP contribution in [0, 0.1) is 13.8 Å². The smallest absolute Gasteiger partial charge is 0.142 e. The van der Waals surface area contributed by atoms with Gasteiger partial charge in [-0.2, -0.15) is 0 Å². The van der Waals surface area contributed by atoms with Crippen LogP contribution in [0.2, 0.25) is 0 Å². The number of nitrogens with zero attached hydrogens (tertiary/aromatic N) is 1. The molecular formula is C15H20N2O2S. The van der Waals surface area contributed by atoms with Crippen molar-refractivity contribution in [2.45, 2.75) is 26.8 Å². The summed E-state index contributed by atoms with van der Waals surface area (Å²) < 4.78 is 10.7. The summed E-state index contributed by atoms with van der Waals surface area (Å²) in [6, 6.07) is 5.90. The Labute approximate surface area is 123 Å². The molecule has 1 unspecified atom stereocenters. The average molecular weight is 292 g/mol. The van der Waals surface area contributed by atoms with E-state index < -0.39 is 0 Å². The normalized spacial score (nSPS) is 12.1. The SMILES string of the molecule is COc1ccc(OC)c(NC(C)c2sc(C)nc2C)c1. The van der Waals surface area contributed by atoms with Crippen LogP contribution in [-0.4, -0.2) is 19.2 Å². The predicted molar refractivity (Wildman–Crippen MR) is 83.2 cm³/mol. The third-order valence-corrected chi connectivity index (χ3v) is 4.37. The molecule has 0 aliphatic carbocycles. The van der Waals surface area contributed by atoms with Crippen molar-refractivity contribution in [2.75, 3.05) is 19.5 Å². The summed E-state index contributed by atoms with van der Waals surface area (Å²) in [5.41, 5.74) is 2.00. The summed E-state index contributed by atoms with van der Waals surface area (Å²) in [7, 11) is 3.32. The van der Waals surface area contributed by atoms with E-state index in [1.54, 1.807) is 25.6 Å². The molecule has 0 saturated heterocycles. The van der Waals surface area contributed by atoms with Gasteiger partial charge in [0, 0.05) is 10.9 Å². The molecule has 0 saturated carbocycles. The lowest BCUT2D eigenvalue weighted by Crippen LogP contribution is -2.07. The lowest BCUT2D eigenvalue weighted by atomic mass is 10.2. The Morgan fingerprint density at radius 1 is 1.20 bits per heavy atom. The van der Waals surface area contributed by atoms with Crippen molar-refractivity contribution in [3.63, 3.8) is 0 Å². The molecule has 5 heteroatoms. The lowest BCUT2D eigenvalue weighted by Gasteiger charge is -2.17. The van der Waals surface area contributed by atoms with E-state index in [-0.39, 0.29) is 6.04 Å². The molecule has 0 fully saturated rings. The monoisotopic (exact) mass is 292 g/mol. The molecule has 1 atom stereocenters. The molecule has 0 aliphatic rings. The van der Waals surface area contributed by atoms with Crippen LogP contribution < -0.4 is 14.8 Å². The minimum Gasteiger partial charge on any atom is -0.497 e. The zero-order valence-electron chi connectivity index (χ0n) is 12.5. The van der Waals surface area contributed by atoms with Crippen LogP contribution in [0.3, 0.4) is 0 Å². The second-order valence-electron chi connectivity index (χ2n) is 4.61. The van der Waals surface area contributed by atoms with Gasteiger partial charge in [0.25, 0.3) is 0 Å². The van der Waals surface area contributed by atoms with Gasteiger partial charge in [-0.15, -0.1) is 11.3 Å². The molecule has 2 aromatic rings. The number of benzene rings is 1. The van der Waals surface area contributed by atoms with Crippen LogP contribution in [0.15, 0.2) is 18.2 Å². The zero-order valence-corrected chi connectivity index (χ0v) is 13.3. The summed E-state index contributed by atoms with van der Waals surface area (Å²) in [5.74, 6) is 1.61. The Hall–Kier alpha value is -1.75. The number of hydrogen-bond acceptors (Lipinski definition) is 5. The Balaban J connectivity index is 2.26. The van der Waals surface area contributed by atoms with E-state index >= 15 is 0 Å². The molecule has 1 heterocycles. The number of methoxy groups -OCH3 is 2. The van der Waals surface area contributed by atoms with E-state index in [2.05, 4.69) is 17.2 Å². The first-order chi connectivity index (χ1) is 9.55. The topological polar surface area (TPSA) is 43.4 Å². The van der Waals surface area contributed by atoms with E-state index in [0.717, 1.165) is 27.9 Å². The molecule has 2 rings (SSSR count). The van der Waals surface area contributed by atoms with Crippen LogP contribution in [0.1, 0.15) is 28.5 Å². The van der Waals surface area contributed by atoms with Crippen LogP contribution in [0.25, 0.3) is 0 Å². The van der Waals surface area contributed by atoms with Crippen molar-refractivity contribution in [3.05, 3.63) is 33.8 Å². The standard InChI is InChI=1S/C15H20N2O2S/c1-9-15(20-11(3)16-9)10(2)17-13-8-12(18-4)6-7-14(13)19-5/h6-8,10,17H,1-5H3. The molecule has 108 valence electrons.